The predicted molar refractivity (Wildman–Crippen MR) is 96.9 cm³/mol. The molecule has 2 aromatic carbocycles. The molecule has 1 atom stereocenters. The summed E-state index contributed by atoms with van der Waals surface area (Å²) in [5, 5.41) is 14.2. The number of ether oxygens (including phenoxy) is 1. The third-order valence-corrected chi connectivity index (χ3v) is 4.03. The van der Waals surface area contributed by atoms with E-state index in [1.165, 1.54) is 0 Å². The normalized spacial score (nSPS) is 15.2. The Balaban J connectivity index is 1.73. The third kappa shape index (κ3) is 3.75. The fourth-order valence-electron chi connectivity index (χ4n) is 2.76. The van der Waals surface area contributed by atoms with Gasteiger partial charge in [-0.1, -0.05) is 12.1 Å². The molecule has 0 saturated carbocycles. The standard InChI is InChI=1S/C19H18N4O3/c1-21-19(25)17-11-23(15-4-2-3-5-16(15)26-17)12-18(24)22-14-8-6-13(10-20)7-9-14/h2-9,17H,11-12H2,1H3,(H,21,25)(H,22,24)/t17-/m0/s1. The second kappa shape index (κ2) is 7.57. The first kappa shape index (κ1) is 17.3. The van der Waals surface area contributed by atoms with Crippen LogP contribution in [0.5, 0.6) is 5.75 Å². The van der Waals surface area contributed by atoms with Gasteiger partial charge in [0, 0.05) is 12.7 Å². The highest BCUT2D eigenvalue weighted by Gasteiger charge is 2.30. The van der Waals surface area contributed by atoms with Crippen LogP contribution in [0.4, 0.5) is 11.4 Å². The molecule has 2 N–H and O–H groups in total. The number of likely N-dealkylation sites (N-methyl/N-ethyl adjacent to an activating group) is 1. The zero-order valence-corrected chi connectivity index (χ0v) is 14.2. The van der Waals surface area contributed by atoms with E-state index in [1.807, 2.05) is 29.2 Å². The topological polar surface area (TPSA) is 94.5 Å². The molecule has 2 amide bonds. The van der Waals surface area contributed by atoms with Gasteiger partial charge >= 0.3 is 0 Å². The summed E-state index contributed by atoms with van der Waals surface area (Å²) < 4.78 is 5.72. The number of para-hydroxylation sites is 2. The van der Waals surface area contributed by atoms with Gasteiger partial charge in [0.25, 0.3) is 5.91 Å². The van der Waals surface area contributed by atoms with E-state index in [0.717, 1.165) is 5.69 Å². The first-order valence-electron chi connectivity index (χ1n) is 8.13. The van der Waals surface area contributed by atoms with E-state index in [-0.39, 0.29) is 24.9 Å². The van der Waals surface area contributed by atoms with E-state index in [9.17, 15) is 9.59 Å². The second-order valence-corrected chi connectivity index (χ2v) is 5.81. The number of anilines is 2. The molecular formula is C19H18N4O3. The van der Waals surface area contributed by atoms with Crippen LogP contribution in [0.25, 0.3) is 0 Å². The summed E-state index contributed by atoms with van der Waals surface area (Å²) >= 11 is 0. The smallest absolute Gasteiger partial charge is 0.262 e. The van der Waals surface area contributed by atoms with Crippen LogP contribution in [0.1, 0.15) is 5.56 Å². The van der Waals surface area contributed by atoms with Crippen LogP contribution in [0, 0.1) is 11.3 Å². The van der Waals surface area contributed by atoms with Crippen LogP contribution in [-0.2, 0) is 9.59 Å². The summed E-state index contributed by atoms with van der Waals surface area (Å²) in [6.45, 7) is 0.353. The van der Waals surface area contributed by atoms with Gasteiger partial charge in [0.05, 0.1) is 30.4 Å². The number of hydrogen-bond donors (Lipinski definition) is 2. The Labute approximate surface area is 151 Å². The molecule has 0 aromatic heterocycles. The van der Waals surface area contributed by atoms with Crippen molar-refractivity contribution in [2.45, 2.75) is 6.10 Å². The molecule has 26 heavy (non-hydrogen) atoms. The number of rotatable bonds is 4. The van der Waals surface area contributed by atoms with Gasteiger partial charge in [-0.3, -0.25) is 9.59 Å². The van der Waals surface area contributed by atoms with Gasteiger partial charge in [-0.05, 0) is 36.4 Å². The molecule has 0 fully saturated rings. The maximum absolute atomic E-state index is 12.4. The van der Waals surface area contributed by atoms with Crippen molar-refractivity contribution in [2.24, 2.45) is 0 Å². The van der Waals surface area contributed by atoms with E-state index in [4.69, 9.17) is 10.00 Å². The van der Waals surface area contributed by atoms with Crippen LogP contribution >= 0.6 is 0 Å². The van der Waals surface area contributed by atoms with Crippen LogP contribution in [0.2, 0.25) is 0 Å². The third-order valence-electron chi connectivity index (χ3n) is 4.03. The summed E-state index contributed by atoms with van der Waals surface area (Å²) in [5.74, 6) is 0.109. The Kier molecular flexibility index (Phi) is 5.04. The fraction of sp³-hybridized carbons (Fsp3) is 0.211. The van der Waals surface area contributed by atoms with Gasteiger partial charge in [-0.2, -0.15) is 5.26 Å². The number of carbonyl (C=O) groups excluding carboxylic acids is 2. The maximum Gasteiger partial charge on any atom is 0.262 e. The van der Waals surface area contributed by atoms with Gasteiger partial charge in [0.15, 0.2) is 6.10 Å². The van der Waals surface area contributed by atoms with E-state index in [1.54, 1.807) is 37.4 Å². The molecule has 1 aliphatic heterocycles. The lowest BCUT2D eigenvalue weighted by atomic mass is 10.1. The summed E-state index contributed by atoms with van der Waals surface area (Å²) in [5.41, 5.74) is 1.90. The number of nitriles is 1. The fourth-order valence-corrected chi connectivity index (χ4v) is 2.76. The first-order chi connectivity index (χ1) is 12.6. The van der Waals surface area contributed by atoms with Crippen molar-refractivity contribution in [1.29, 1.82) is 5.26 Å². The predicted octanol–water partition coefficient (Wildman–Crippen LogP) is 1.51. The molecular weight excluding hydrogens is 332 g/mol. The van der Waals surface area contributed by atoms with Crippen molar-refractivity contribution in [2.75, 3.05) is 30.4 Å². The molecule has 7 heteroatoms. The zero-order chi connectivity index (χ0) is 18.5. The van der Waals surface area contributed by atoms with Gasteiger partial charge < -0.3 is 20.3 Å². The molecule has 0 radical (unpaired) electrons. The average Bonchev–Trinajstić information content (AvgIpc) is 2.67. The highest BCUT2D eigenvalue weighted by Crippen LogP contribution is 2.32. The minimum absolute atomic E-state index is 0.0773. The van der Waals surface area contributed by atoms with E-state index < -0.39 is 6.10 Å². The second-order valence-electron chi connectivity index (χ2n) is 5.81. The van der Waals surface area contributed by atoms with Crippen LogP contribution in [0.3, 0.4) is 0 Å². The highest BCUT2D eigenvalue weighted by atomic mass is 16.5. The minimum Gasteiger partial charge on any atom is -0.477 e. The highest BCUT2D eigenvalue weighted by molar-refractivity contribution is 5.95. The van der Waals surface area contributed by atoms with Gasteiger partial charge in [0.1, 0.15) is 5.75 Å². The van der Waals surface area contributed by atoms with E-state index >= 15 is 0 Å². The van der Waals surface area contributed by atoms with Crippen LogP contribution < -0.4 is 20.3 Å². The Morgan fingerprint density at radius 3 is 2.65 bits per heavy atom. The molecule has 132 valence electrons. The van der Waals surface area contributed by atoms with Gasteiger partial charge in [-0.25, -0.2) is 0 Å². The van der Waals surface area contributed by atoms with Crippen molar-refractivity contribution in [3.63, 3.8) is 0 Å². The molecule has 2 aromatic rings. The summed E-state index contributed by atoms with van der Waals surface area (Å²) in [7, 11) is 1.55. The molecule has 0 bridgehead atoms. The number of nitrogens with zero attached hydrogens (tertiary/aromatic N) is 2. The van der Waals surface area contributed by atoms with Crippen molar-refractivity contribution in [3.8, 4) is 11.8 Å². The lowest BCUT2D eigenvalue weighted by Gasteiger charge is -2.34. The molecule has 0 unspecified atom stereocenters. The molecule has 0 saturated heterocycles. The summed E-state index contributed by atoms with van der Waals surface area (Å²) in [4.78, 5) is 26.2. The molecule has 1 heterocycles. The number of benzene rings is 2. The quantitative estimate of drug-likeness (QED) is 0.872. The Hall–Kier alpha value is -3.53. The maximum atomic E-state index is 12.4. The Morgan fingerprint density at radius 2 is 1.96 bits per heavy atom. The van der Waals surface area contributed by atoms with Crippen molar-refractivity contribution >= 4 is 23.2 Å². The number of nitrogens with one attached hydrogen (secondary N) is 2. The molecule has 1 aliphatic rings. The van der Waals surface area contributed by atoms with Crippen LogP contribution in [-0.4, -0.2) is 38.1 Å². The molecule has 7 nitrogen and oxygen atoms in total. The lowest BCUT2D eigenvalue weighted by molar-refractivity contribution is -0.127. The lowest BCUT2D eigenvalue weighted by Crippen LogP contribution is -2.50. The number of hydrogen-bond acceptors (Lipinski definition) is 5. The minimum atomic E-state index is -0.683. The van der Waals surface area contributed by atoms with Gasteiger partial charge in [-0.15, -0.1) is 0 Å². The molecule has 0 spiro atoms. The summed E-state index contributed by atoms with van der Waals surface area (Å²) in [6.07, 6.45) is -0.683. The van der Waals surface area contributed by atoms with Crippen molar-refractivity contribution in [3.05, 3.63) is 54.1 Å². The number of amides is 2. The van der Waals surface area contributed by atoms with Crippen molar-refractivity contribution in [1.82, 2.24) is 5.32 Å². The zero-order valence-electron chi connectivity index (χ0n) is 14.2. The van der Waals surface area contributed by atoms with Crippen LogP contribution in [0.15, 0.2) is 48.5 Å². The van der Waals surface area contributed by atoms with E-state index in [0.29, 0.717) is 17.0 Å². The molecule has 3 rings (SSSR count). The Morgan fingerprint density at radius 1 is 1.23 bits per heavy atom. The monoisotopic (exact) mass is 350 g/mol. The molecule has 0 aliphatic carbocycles. The number of fused-ring (bicyclic) bond motifs is 1. The van der Waals surface area contributed by atoms with E-state index in [2.05, 4.69) is 10.6 Å². The SMILES string of the molecule is CNC(=O)[C@@H]1CN(CC(=O)Nc2ccc(C#N)cc2)c2ccccc2O1. The first-order valence-corrected chi connectivity index (χ1v) is 8.13. The largest absolute Gasteiger partial charge is 0.477 e. The Bertz CT molecular complexity index is 858. The van der Waals surface area contributed by atoms with Crippen molar-refractivity contribution < 1.29 is 14.3 Å². The average molecular weight is 350 g/mol. The summed E-state index contributed by atoms with van der Waals surface area (Å²) in [6, 6.07) is 16.0. The number of carbonyl (C=O) groups is 2. The van der Waals surface area contributed by atoms with Gasteiger partial charge in [0.2, 0.25) is 5.91 Å².